The average molecular weight is 534 g/mol. The van der Waals surface area contributed by atoms with Gasteiger partial charge in [0.15, 0.2) is 6.10 Å². The van der Waals surface area contributed by atoms with Crippen molar-refractivity contribution in [2.45, 2.75) is 50.0 Å². The summed E-state index contributed by atoms with van der Waals surface area (Å²) in [7, 11) is 0. The number of hydrogen-bond donors (Lipinski definition) is 0. The fraction of sp³-hybridized carbons (Fsp3) is 0.367. The Hall–Kier alpha value is -3.36. The maximum Gasteiger partial charge on any atom is 0.340 e. The van der Waals surface area contributed by atoms with Gasteiger partial charge in [-0.1, -0.05) is 38.1 Å². The molecule has 200 valence electrons. The Labute approximate surface area is 229 Å². The molecule has 0 radical (unpaired) electrons. The molecule has 0 spiro atoms. The van der Waals surface area contributed by atoms with E-state index in [0.717, 1.165) is 35.0 Å². The molecule has 1 aliphatic rings. The highest BCUT2D eigenvalue weighted by Crippen LogP contribution is 2.47. The van der Waals surface area contributed by atoms with E-state index < -0.39 is 17.3 Å². The summed E-state index contributed by atoms with van der Waals surface area (Å²) in [6.45, 7) is 11.2. The van der Waals surface area contributed by atoms with E-state index in [2.05, 4.69) is 23.7 Å². The van der Waals surface area contributed by atoms with Crippen LogP contribution in [0, 0.1) is 0 Å². The number of nitrogens with zero attached hydrogens (tertiary/aromatic N) is 3. The molecular weight excluding hydrogens is 498 g/mol. The van der Waals surface area contributed by atoms with Crippen molar-refractivity contribution in [2.24, 2.45) is 0 Å². The summed E-state index contributed by atoms with van der Waals surface area (Å²) in [6.07, 6.45) is 2.07. The molecule has 0 fully saturated rings. The first-order chi connectivity index (χ1) is 18.4. The van der Waals surface area contributed by atoms with Crippen molar-refractivity contribution in [3.8, 4) is 5.75 Å². The van der Waals surface area contributed by atoms with E-state index in [1.54, 1.807) is 23.2 Å². The second-order valence-corrected chi connectivity index (χ2v) is 10.5. The number of aromatic nitrogens is 1. The van der Waals surface area contributed by atoms with Crippen molar-refractivity contribution in [3.05, 3.63) is 84.2 Å². The van der Waals surface area contributed by atoms with Crippen molar-refractivity contribution in [1.29, 1.82) is 0 Å². The van der Waals surface area contributed by atoms with Gasteiger partial charge in [-0.3, -0.25) is 9.78 Å². The summed E-state index contributed by atoms with van der Waals surface area (Å²) < 4.78 is 11.8. The molecule has 0 aliphatic carbocycles. The van der Waals surface area contributed by atoms with E-state index >= 15 is 0 Å². The minimum atomic E-state index is -1.03. The van der Waals surface area contributed by atoms with Gasteiger partial charge in [-0.15, -0.1) is 11.8 Å². The minimum absolute atomic E-state index is 0.0501. The molecule has 0 saturated heterocycles. The van der Waals surface area contributed by atoms with Gasteiger partial charge in [-0.2, -0.15) is 0 Å². The van der Waals surface area contributed by atoms with Gasteiger partial charge in [0.1, 0.15) is 5.75 Å². The molecule has 0 N–H and O–H groups in total. The first-order valence-corrected chi connectivity index (χ1v) is 14.0. The average Bonchev–Trinajstić information content (AvgIpc) is 3.04. The first-order valence-electron chi connectivity index (χ1n) is 13.1. The van der Waals surface area contributed by atoms with Gasteiger partial charge < -0.3 is 19.3 Å². The Balaban J connectivity index is 1.73. The van der Waals surface area contributed by atoms with Crippen LogP contribution in [0.2, 0.25) is 0 Å². The predicted molar refractivity (Wildman–Crippen MR) is 151 cm³/mol. The van der Waals surface area contributed by atoms with E-state index in [9.17, 15) is 9.59 Å². The molecule has 7 nitrogen and oxygen atoms in total. The standard InChI is InChI=1S/C30H35N3O4S/c1-5-32(6-2)18-19-33-25-11-7-8-12-26(25)38-28(22-13-15-24(16-14-22)36-21(3)4)27(29(33)34)37-30(35)23-10-9-17-31-20-23/h7-17,20-21,27-28H,5-6,18-19H2,1-4H3/t27-,28+/m0/s1. The molecule has 38 heavy (non-hydrogen) atoms. The lowest BCUT2D eigenvalue weighted by atomic mass is 10.1. The van der Waals surface area contributed by atoms with Crippen LogP contribution in [0.1, 0.15) is 48.9 Å². The highest BCUT2D eigenvalue weighted by molar-refractivity contribution is 7.99. The summed E-state index contributed by atoms with van der Waals surface area (Å²) in [5.74, 6) is -0.0605. The van der Waals surface area contributed by atoms with E-state index in [1.165, 1.54) is 18.0 Å². The van der Waals surface area contributed by atoms with Crippen LogP contribution in [-0.2, 0) is 9.53 Å². The maximum atomic E-state index is 14.2. The smallest absolute Gasteiger partial charge is 0.340 e. The van der Waals surface area contributed by atoms with Gasteiger partial charge in [-0.05, 0) is 68.9 Å². The third-order valence-electron chi connectivity index (χ3n) is 6.44. The lowest BCUT2D eigenvalue weighted by Crippen LogP contribution is -2.46. The van der Waals surface area contributed by atoms with Crippen LogP contribution in [0.25, 0.3) is 0 Å². The Morgan fingerprint density at radius 1 is 1.05 bits per heavy atom. The van der Waals surface area contributed by atoms with Crippen molar-refractivity contribution < 1.29 is 19.1 Å². The largest absolute Gasteiger partial charge is 0.491 e. The van der Waals surface area contributed by atoms with Crippen molar-refractivity contribution in [2.75, 3.05) is 31.1 Å². The van der Waals surface area contributed by atoms with Crippen LogP contribution < -0.4 is 9.64 Å². The van der Waals surface area contributed by atoms with Crippen molar-refractivity contribution >= 4 is 29.3 Å². The highest BCUT2D eigenvalue weighted by atomic mass is 32.2. The summed E-state index contributed by atoms with van der Waals surface area (Å²) in [6, 6.07) is 18.9. The Kier molecular flexibility index (Phi) is 9.42. The number of carbonyl (C=O) groups is 2. The number of anilines is 1. The van der Waals surface area contributed by atoms with Crippen LogP contribution in [0.4, 0.5) is 5.69 Å². The lowest BCUT2D eigenvalue weighted by Gasteiger charge is -2.29. The minimum Gasteiger partial charge on any atom is -0.491 e. The third kappa shape index (κ3) is 6.55. The van der Waals surface area contributed by atoms with Gasteiger partial charge >= 0.3 is 5.97 Å². The number of carbonyl (C=O) groups excluding carboxylic acids is 2. The summed E-state index contributed by atoms with van der Waals surface area (Å²) in [4.78, 5) is 36.5. The first kappa shape index (κ1) is 27.7. The topological polar surface area (TPSA) is 72.0 Å². The number of thioether (sulfide) groups is 1. The molecule has 1 aromatic heterocycles. The maximum absolute atomic E-state index is 14.2. The normalized spacial score (nSPS) is 17.3. The van der Waals surface area contributed by atoms with E-state index in [0.29, 0.717) is 18.7 Å². The summed E-state index contributed by atoms with van der Waals surface area (Å²) >= 11 is 1.54. The molecule has 8 heteroatoms. The zero-order valence-electron chi connectivity index (χ0n) is 22.4. The number of amides is 1. The summed E-state index contributed by atoms with van der Waals surface area (Å²) in [5, 5.41) is -0.448. The Morgan fingerprint density at radius 3 is 2.45 bits per heavy atom. The quantitative estimate of drug-likeness (QED) is 0.313. The second kappa shape index (κ2) is 12.9. The predicted octanol–water partition coefficient (Wildman–Crippen LogP) is 5.62. The Morgan fingerprint density at radius 2 is 1.79 bits per heavy atom. The van der Waals surface area contributed by atoms with E-state index in [4.69, 9.17) is 9.47 Å². The molecule has 1 aliphatic heterocycles. The molecule has 0 bridgehead atoms. The number of fused-ring (bicyclic) bond motifs is 1. The Bertz CT molecular complexity index is 1220. The van der Waals surface area contributed by atoms with E-state index in [-0.39, 0.29) is 12.0 Å². The van der Waals surface area contributed by atoms with Crippen molar-refractivity contribution in [3.63, 3.8) is 0 Å². The van der Waals surface area contributed by atoms with Gasteiger partial charge in [0.05, 0.1) is 22.6 Å². The van der Waals surface area contributed by atoms with Crippen LogP contribution >= 0.6 is 11.8 Å². The highest BCUT2D eigenvalue weighted by Gasteiger charge is 2.41. The second-order valence-electron chi connectivity index (χ2n) is 9.33. The zero-order valence-corrected chi connectivity index (χ0v) is 23.2. The third-order valence-corrected chi connectivity index (χ3v) is 7.81. The molecule has 1 amide bonds. The van der Waals surface area contributed by atoms with Gasteiger partial charge in [0, 0.05) is 30.4 Å². The van der Waals surface area contributed by atoms with Gasteiger partial charge in [0.2, 0.25) is 0 Å². The molecule has 0 saturated carbocycles. The molecule has 2 atom stereocenters. The van der Waals surface area contributed by atoms with Gasteiger partial charge in [-0.25, -0.2) is 4.79 Å². The molecule has 2 aromatic carbocycles. The number of benzene rings is 2. The number of rotatable bonds is 10. The molecule has 0 unspecified atom stereocenters. The fourth-order valence-electron chi connectivity index (χ4n) is 4.42. The number of para-hydroxylation sites is 1. The molecule has 4 rings (SSSR count). The SMILES string of the molecule is CCN(CC)CCN1C(=O)[C@@H](OC(=O)c2cccnc2)[C@@H](c2ccc(OC(C)C)cc2)Sc2ccccc21. The number of hydrogen-bond acceptors (Lipinski definition) is 7. The lowest BCUT2D eigenvalue weighted by molar-refractivity contribution is -0.127. The number of likely N-dealkylation sites (N-methyl/N-ethyl adjacent to an activating group) is 1. The molecule has 3 aromatic rings. The van der Waals surface area contributed by atoms with Crippen LogP contribution in [0.5, 0.6) is 5.75 Å². The molecular formula is C30H35N3O4S. The fourth-order valence-corrected chi connectivity index (χ4v) is 5.74. The number of ether oxygens (including phenoxy) is 2. The van der Waals surface area contributed by atoms with Crippen molar-refractivity contribution in [1.82, 2.24) is 9.88 Å². The van der Waals surface area contributed by atoms with Crippen LogP contribution in [0.3, 0.4) is 0 Å². The summed E-state index contributed by atoms with van der Waals surface area (Å²) in [5.41, 5.74) is 2.02. The molecule has 2 heterocycles. The van der Waals surface area contributed by atoms with Gasteiger partial charge in [0.25, 0.3) is 5.91 Å². The van der Waals surface area contributed by atoms with Crippen LogP contribution in [-0.4, -0.2) is 60.1 Å². The van der Waals surface area contributed by atoms with Crippen LogP contribution in [0.15, 0.2) is 78.0 Å². The van der Waals surface area contributed by atoms with E-state index in [1.807, 2.05) is 62.4 Å². The zero-order chi connectivity index (χ0) is 27.1. The monoisotopic (exact) mass is 533 g/mol. The number of pyridine rings is 1. The number of esters is 1.